The van der Waals surface area contributed by atoms with Gasteiger partial charge in [0.1, 0.15) is 0 Å². The fraction of sp³-hybridized carbons (Fsp3) is 0.400. The van der Waals surface area contributed by atoms with E-state index in [1.165, 1.54) is 5.56 Å². The molecule has 1 aromatic rings. The van der Waals surface area contributed by atoms with Crippen LogP contribution in [0.15, 0.2) is 18.3 Å². The Morgan fingerprint density at radius 2 is 2.33 bits per heavy atom. The lowest BCUT2D eigenvalue weighted by atomic mass is 10.2. The standard InChI is InChI=1S/C10H16N4S/c1-14(2)7-8-3-4-12-9(5-8)6-13-10(11)15/h3-5H,6-7H2,1-2H3,(H3,11,13,15). The second-order valence-corrected chi connectivity index (χ2v) is 4.05. The van der Waals surface area contributed by atoms with Crippen LogP contribution in [0.2, 0.25) is 0 Å². The molecule has 5 heteroatoms. The number of nitrogens with two attached hydrogens (primary N) is 1. The summed E-state index contributed by atoms with van der Waals surface area (Å²) in [7, 11) is 4.07. The lowest BCUT2D eigenvalue weighted by Gasteiger charge is -2.10. The van der Waals surface area contributed by atoms with Crippen LogP contribution in [0.3, 0.4) is 0 Å². The van der Waals surface area contributed by atoms with Crippen LogP contribution >= 0.6 is 12.2 Å². The van der Waals surface area contributed by atoms with E-state index >= 15 is 0 Å². The minimum Gasteiger partial charge on any atom is -0.376 e. The van der Waals surface area contributed by atoms with E-state index in [4.69, 9.17) is 18.0 Å². The molecule has 0 atom stereocenters. The summed E-state index contributed by atoms with van der Waals surface area (Å²) in [5.74, 6) is 0. The van der Waals surface area contributed by atoms with Gasteiger partial charge in [0.15, 0.2) is 5.11 Å². The molecular formula is C10H16N4S. The Balaban J connectivity index is 2.61. The summed E-state index contributed by atoms with van der Waals surface area (Å²) >= 11 is 4.73. The van der Waals surface area contributed by atoms with Gasteiger partial charge in [0.05, 0.1) is 12.2 Å². The summed E-state index contributed by atoms with van der Waals surface area (Å²) in [4.78, 5) is 6.33. The number of thiocarbonyl (C=S) groups is 1. The Morgan fingerprint density at radius 1 is 1.60 bits per heavy atom. The summed E-state index contributed by atoms with van der Waals surface area (Å²) in [5, 5.41) is 3.18. The third-order valence-electron chi connectivity index (χ3n) is 1.82. The summed E-state index contributed by atoms with van der Waals surface area (Å²) < 4.78 is 0. The molecule has 82 valence electrons. The Morgan fingerprint density at radius 3 is 2.93 bits per heavy atom. The van der Waals surface area contributed by atoms with Gasteiger partial charge < -0.3 is 16.0 Å². The van der Waals surface area contributed by atoms with Gasteiger partial charge in [-0.2, -0.15) is 0 Å². The Kier molecular flexibility index (Phi) is 4.45. The first-order chi connectivity index (χ1) is 7.08. The van der Waals surface area contributed by atoms with Gasteiger partial charge in [0.25, 0.3) is 0 Å². The van der Waals surface area contributed by atoms with Crippen LogP contribution in [0, 0.1) is 0 Å². The van der Waals surface area contributed by atoms with Crippen LogP contribution in [-0.4, -0.2) is 29.1 Å². The van der Waals surface area contributed by atoms with Crippen LogP contribution < -0.4 is 11.1 Å². The molecule has 0 unspecified atom stereocenters. The molecule has 0 spiro atoms. The van der Waals surface area contributed by atoms with Crippen molar-refractivity contribution < 1.29 is 0 Å². The van der Waals surface area contributed by atoms with Crippen LogP contribution in [0.5, 0.6) is 0 Å². The van der Waals surface area contributed by atoms with Crippen molar-refractivity contribution in [2.75, 3.05) is 14.1 Å². The first-order valence-corrected chi connectivity index (χ1v) is 5.10. The fourth-order valence-corrected chi connectivity index (χ4v) is 1.34. The van der Waals surface area contributed by atoms with Crippen molar-refractivity contribution in [1.82, 2.24) is 15.2 Å². The zero-order valence-corrected chi connectivity index (χ0v) is 9.84. The third-order valence-corrected chi connectivity index (χ3v) is 1.97. The average Bonchev–Trinajstić information content (AvgIpc) is 2.14. The first kappa shape index (κ1) is 11.9. The van der Waals surface area contributed by atoms with Crippen molar-refractivity contribution in [2.45, 2.75) is 13.1 Å². The molecule has 4 nitrogen and oxygen atoms in total. The highest BCUT2D eigenvalue weighted by atomic mass is 32.1. The van der Waals surface area contributed by atoms with E-state index in [0.29, 0.717) is 11.7 Å². The lowest BCUT2D eigenvalue weighted by Crippen LogP contribution is -2.28. The number of hydrogen-bond acceptors (Lipinski definition) is 3. The van der Waals surface area contributed by atoms with Crippen molar-refractivity contribution in [3.05, 3.63) is 29.6 Å². The second-order valence-electron chi connectivity index (χ2n) is 3.61. The minimum atomic E-state index is 0.301. The number of nitrogens with zero attached hydrogens (tertiary/aromatic N) is 2. The Hall–Kier alpha value is -1.20. The van der Waals surface area contributed by atoms with E-state index < -0.39 is 0 Å². The third kappa shape index (κ3) is 4.71. The predicted molar refractivity (Wildman–Crippen MR) is 65.3 cm³/mol. The van der Waals surface area contributed by atoms with Gasteiger partial charge in [-0.1, -0.05) is 0 Å². The maximum absolute atomic E-state index is 5.34. The smallest absolute Gasteiger partial charge is 0.163 e. The fourth-order valence-electron chi connectivity index (χ4n) is 1.27. The van der Waals surface area contributed by atoms with E-state index in [1.807, 2.05) is 26.2 Å². The molecule has 0 fully saturated rings. The molecule has 0 bridgehead atoms. The maximum atomic E-state index is 5.34. The van der Waals surface area contributed by atoms with Gasteiger partial charge in [0.2, 0.25) is 0 Å². The van der Waals surface area contributed by atoms with Crippen molar-refractivity contribution >= 4 is 17.3 Å². The average molecular weight is 224 g/mol. The van der Waals surface area contributed by atoms with Crippen LogP contribution in [-0.2, 0) is 13.1 Å². The molecule has 3 N–H and O–H groups in total. The molecular weight excluding hydrogens is 208 g/mol. The number of pyridine rings is 1. The summed E-state index contributed by atoms with van der Waals surface area (Å²) in [5.41, 5.74) is 7.52. The number of rotatable bonds is 4. The van der Waals surface area contributed by atoms with Gasteiger partial charge in [-0.05, 0) is 44.0 Å². The van der Waals surface area contributed by atoms with E-state index in [9.17, 15) is 0 Å². The molecule has 0 aliphatic carbocycles. The topological polar surface area (TPSA) is 54.2 Å². The highest BCUT2D eigenvalue weighted by Gasteiger charge is 1.99. The molecule has 1 rings (SSSR count). The van der Waals surface area contributed by atoms with Crippen LogP contribution in [0.4, 0.5) is 0 Å². The molecule has 0 saturated carbocycles. The van der Waals surface area contributed by atoms with Gasteiger partial charge in [-0.15, -0.1) is 0 Å². The largest absolute Gasteiger partial charge is 0.376 e. The maximum Gasteiger partial charge on any atom is 0.163 e. The van der Waals surface area contributed by atoms with E-state index in [-0.39, 0.29) is 0 Å². The van der Waals surface area contributed by atoms with Crippen molar-refractivity contribution in [2.24, 2.45) is 5.73 Å². The van der Waals surface area contributed by atoms with Gasteiger partial charge >= 0.3 is 0 Å². The van der Waals surface area contributed by atoms with Crippen LogP contribution in [0.1, 0.15) is 11.3 Å². The minimum absolute atomic E-state index is 0.301. The SMILES string of the molecule is CN(C)Cc1ccnc(CNC(N)=S)c1. The first-order valence-electron chi connectivity index (χ1n) is 4.70. The van der Waals surface area contributed by atoms with Crippen molar-refractivity contribution in [3.8, 4) is 0 Å². The summed E-state index contributed by atoms with van der Waals surface area (Å²) in [6.07, 6.45) is 1.80. The molecule has 1 aromatic heterocycles. The van der Waals surface area contributed by atoms with Crippen molar-refractivity contribution in [3.63, 3.8) is 0 Å². The van der Waals surface area contributed by atoms with Gasteiger partial charge in [-0.3, -0.25) is 4.98 Å². The van der Waals surface area contributed by atoms with E-state index in [2.05, 4.69) is 15.2 Å². The monoisotopic (exact) mass is 224 g/mol. The normalized spacial score (nSPS) is 10.3. The summed E-state index contributed by atoms with van der Waals surface area (Å²) in [6.45, 7) is 1.49. The van der Waals surface area contributed by atoms with Gasteiger partial charge in [-0.25, -0.2) is 0 Å². The Labute approximate surface area is 95.5 Å². The molecule has 0 saturated heterocycles. The lowest BCUT2D eigenvalue weighted by molar-refractivity contribution is 0.402. The zero-order chi connectivity index (χ0) is 11.3. The number of nitrogens with one attached hydrogen (secondary N) is 1. The number of hydrogen-bond donors (Lipinski definition) is 2. The quantitative estimate of drug-likeness (QED) is 0.728. The molecule has 0 aliphatic rings. The molecule has 0 radical (unpaired) electrons. The number of aromatic nitrogens is 1. The molecule has 0 aromatic carbocycles. The Bertz CT molecular complexity index is 338. The molecule has 1 heterocycles. The van der Waals surface area contributed by atoms with E-state index in [0.717, 1.165) is 12.2 Å². The van der Waals surface area contributed by atoms with Crippen molar-refractivity contribution in [1.29, 1.82) is 0 Å². The highest BCUT2D eigenvalue weighted by Crippen LogP contribution is 2.03. The second kappa shape index (κ2) is 5.63. The summed E-state index contributed by atoms with van der Waals surface area (Å²) in [6, 6.07) is 4.05. The van der Waals surface area contributed by atoms with E-state index in [1.54, 1.807) is 6.20 Å². The van der Waals surface area contributed by atoms with Crippen LogP contribution in [0.25, 0.3) is 0 Å². The predicted octanol–water partition coefficient (Wildman–Crippen LogP) is 0.476. The highest BCUT2D eigenvalue weighted by molar-refractivity contribution is 7.80. The molecule has 0 amide bonds. The molecule has 0 aliphatic heterocycles. The van der Waals surface area contributed by atoms with Gasteiger partial charge in [0, 0.05) is 12.7 Å². The zero-order valence-electron chi connectivity index (χ0n) is 9.03. The molecule has 15 heavy (non-hydrogen) atoms.